The Hall–Kier alpha value is 1.46. The molecule has 0 N–H and O–H groups in total. The van der Waals surface area contributed by atoms with Gasteiger partial charge >= 0.3 is 0 Å². The van der Waals surface area contributed by atoms with Crippen molar-refractivity contribution in [2.75, 3.05) is 0 Å². The van der Waals surface area contributed by atoms with E-state index in [0.717, 1.165) is 0 Å². The Morgan fingerprint density at radius 1 is 1.71 bits per heavy atom. The van der Waals surface area contributed by atoms with E-state index in [0.29, 0.717) is 3.92 Å². The number of hydrogen-bond acceptors (Lipinski definition) is 0. The normalized spacial score (nSPS) is 16.7. The van der Waals surface area contributed by atoms with Crippen molar-refractivity contribution < 1.29 is 0 Å². The molecule has 0 rings (SSSR count). The topological polar surface area (TPSA) is 0 Å². The maximum Gasteiger partial charge on any atom is 0.0309 e. The molecule has 0 aromatic carbocycles. The molecule has 2 unspecified atom stereocenters. The van der Waals surface area contributed by atoms with Gasteiger partial charge in [-0.15, -0.1) is 0 Å². The molecule has 1 radical (unpaired) electrons. The highest BCUT2D eigenvalue weighted by atomic mass is 127. The van der Waals surface area contributed by atoms with E-state index in [4.69, 9.17) is 0 Å². The predicted octanol–water partition coefficient (Wildman–Crippen LogP) is 2.84. The predicted molar refractivity (Wildman–Crippen MR) is 51.3 cm³/mol. The number of halogens is 2. The Bertz CT molecular complexity index is 51.6. The summed E-state index contributed by atoms with van der Waals surface area (Å²) in [6, 6.07) is 0. The second kappa shape index (κ2) is 2.85. The van der Waals surface area contributed by atoms with E-state index >= 15 is 0 Å². The van der Waals surface area contributed by atoms with Crippen LogP contribution < -0.4 is 0 Å². The quantitative estimate of drug-likeness (QED) is 0.514. The summed E-state index contributed by atoms with van der Waals surface area (Å²) in [6.45, 7) is 8.25. The van der Waals surface area contributed by atoms with Crippen LogP contribution in [0.3, 0.4) is 0 Å². The van der Waals surface area contributed by atoms with Gasteiger partial charge < -0.3 is 0 Å². The lowest BCUT2D eigenvalue weighted by Crippen LogP contribution is -2.20. The van der Waals surface area contributed by atoms with Gasteiger partial charge in [-0.1, -0.05) is 52.1 Å². The molecule has 0 aliphatic heterocycles. The summed E-state index contributed by atoms with van der Waals surface area (Å²) in [5, 5.41) is 0. The third kappa shape index (κ3) is 4.00. The van der Waals surface area contributed by atoms with Crippen molar-refractivity contribution in [2.45, 2.75) is 21.2 Å². The molecule has 43 valence electrons. The lowest BCUT2D eigenvalue weighted by molar-refractivity contribution is 0.830. The van der Waals surface area contributed by atoms with Crippen LogP contribution in [0.5, 0.6) is 0 Å². The van der Waals surface area contributed by atoms with Gasteiger partial charge in [-0.05, 0) is 13.8 Å². The monoisotopic (exact) mass is 323 g/mol. The zero-order valence-corrected chi connectivity index (χ0v) is 8.86. The molecule has 7 heavy (non-hydrogen) atoms. The standard InChI is InChI=1S/C5H9I2/c1-4(6)5(2,3)7/h4H,2H2,1,3H3. The van der Waals surface area contributed by atoms with Gasteiger partial charge in [0.15, 0.2) is 0 Å². The molecule has 0 spiro atoms. The van der Waals surface area contributed by atoms with Gasteiger partial charge in [-0.3, -0.25) is 0 Å². The van der Waals surface area contributed by atoms with Crippen LogP contribution in [0.15, 0.2) is 0 Å². The van der Waals surface area contributed by atoms with Crippen molar-refractivity contribution in [2.24, 2.45) is 0 Å². The SMILES string of the molecule is [CH2]C(C)(I)C(C)I. The highest BCUT2D eigenvalue weighted by Crippen LogP contribution is 2.26. The van der Waals surface area contributed by atoms with Gasteiger partial charge in [0.05, 0.1) is 0 Å². The van der Waals surface area contributed by atoms with E-state index in [1.807, 2.05) is 0 Å². The van der Waals surface area contributed by atoms with E-state index in [9.17, 15) is 0 Å². The Morgan fingerprint density at radius 3 is 1.86 bits per heavy atom. The van der Waals surface area contributed by atoms with E-state index in [-0.39, 0.29) is 3.42 Å². The molecule has 0 saturated carbocycles. The van der Waals surface area contributed by atoms with Gasteiger partial charge in [-0.2, -0.15) is 0 Å². The van der Waals surface area contributed by atoms with Crippen LogP contribution in [0.1, 0.15) is 13.8 Å². The first-order valence-electron chi connectivity index (χ1n) is 2.13. The smallest absolute Gasteiger partial charge is 0.0309 e. The first-order chi connectivity index (χ1) is 2.94. The Kier molecular flexibility index (Phi) is 3.44. The summed E-state index contributed by atoms with van der Waals surface area (Å²) in [6.07, 6.45) is 0. The summed E-state index contributed by atoms with van der Waals surface area (Å²) in [4.78, 5) is 0. The zero-order chi connectivity index (χ0) is 6.08. The van der Waals surface area contributed by atoms with Gasteiger partial charge in [-0.25, -0.2) is 0 Å². The van der Waals surface area contributed by atoms with E-state index in [1.165, 1.54) is 0 Å². The number of alkyl halides is 2. The minimum atomic E-state index is 0.207. The largest absolute Gasteiger partial charge is 0.0815 e. The fraction of sp³-hybridized carbons (Fsp3) is 0.800. The fourth-order valence-electron chi connectivity index (χ4n) is 0. The fourth-order valence-corrected chi connectivity index (χ4v) is 0. The van der Waals surface area contributed by atoms with Crippen molar-refractivity contribution in [3.63, 3.8) is 0 Å². The summed E-state index contributed by atoms with van der Waals surface area (Å²) in [7, 11) is 0. The second-order valence-corrected chi connectivity index (χ2v) is 6.23. The van der Waals surface area contributed by atoms with E-state index in [1.54, 1.807) is 0 Å². The maximum absolute atomic E-state index is 3.95. The minimum Gasteiger partial charge on any atom is -0.0815 e. The van der Waals surface area contributed by atoms with Crippen LogP contribution in [0.2, 0.25) is 0 Å². The molecule has 0 aliphatic rings. The summed E-state index contributed by atoms with van der Waals surface area (Å²) in [5.74, 6) is 0. The van der Waals surface area contributed by atoms with Crippen LogP contribution >= 0.6 is 45.2 Å². The summed E-state index contributed by atoms with van der Waals surface area (Å²) in [5.41, 5.74) is 0. The molecule has 0 fully saturated rings. The molecular formula is C5H9I2. The average molecular weight is 323 g/mol. The molecule has 0 heterocycles. The van der Waals surface area contributed by atoms with Crippen molar-refractivity contribution in [3.8, 4) is 0 Å². The lowest BCUT2D eigenvalue weighted by Gasteiger charge is -2.18. The van der Waals surface area contributed by atoms with Crippen molar-refractivity contribution in [1.29, 1.82) is 0 Å². The van der Waals surface area contributed by atoms with Crippen molar-refractivity contribution in [1.82, 2.24) is 0 Å². The molecular weight excluding hydrogens is 314 g/mol. The third-order valence-electron chi connectivity index (χ3n) is 0.829. The van der Waals surface area contributed by atoms with Crippen LogP contribution in [0, 0.1) is 6.92 Å². The van der Waals surface area contributed by atoms with Gasteiger partial charge in [0.2, 0.25) is 0 Å². The lowest BCUT2D eigenvalue weighted by atomic mass is 10.2. The molecule has 0 amide bonds. The molecule has 0 nitrogen and oxygen atoms in total. The molecule has 0 aromatic rings. The number of rotatable bonds is 1. The third-order valence-corrected chi connectivity index (χ3v) is 4.33. The highest BCUT2D eigenvalue weighted by molar-refractivity contribution is 14.1. The van der Waals surface area contributed by atoms with Crippen LogP contribution in [0.4, 0.5) is 0 Å². The Labute approximate surface area is 72.7 Å². The van der Waals surface area contributed by atoms with Crippen LogP contribution in [-0.2, 0) is 0 Å². The Morgan fingerprint density at radius 2 is 1.86 bits per heavy atom. The second-order valence-electron chi connectivity index (χ2n) is 1.89. The molecule has 2 atom stereocenters. The van der Waals surface area contributed by atoms with Crippen LogP contribution in [0.25, 0.3) is 0 Å². The molecule has 2 heteroatoms. The molecule has 0 saturated heterocycles. The van der Waals surface area contributed by atoms with Crippen molar-refractivity contribution in [3.05, 3.63) is 6.92 Å². The van der Waals surface area contributed by atoms with Crippen molar-refractivity contribution >= 4 is 45.2 Å². The highest BCUT2D eigenvalue weighted by Gasteiger charge is 2.18. The first-order valence-corrected chi connectivity index (χ1v) is 4.45. The molecule has 0 aliphatic carbocycles. The maximum atomic E-state index is 3.95. The Balaban J connectivity index is 3.54. The minimum absolute atomic E-state index is 0.207. The summed E-state index contributed by atoms with van der Waals surface area (Å²) >= 11 is 4.73. The summed E-state index contributed by atoms with van der Waals surface area (Å²) < 4.78 is 0.851. The van der Waals surface area contributed by atoms with Crippen LogP contribution in [-0.4, -0.2) is 7.35 Å². The van der Waals surface area contributed by atoms with Gasteiger partial charge in [0.1, 0.15) is 0 Å². The molecule has 0 aromatic heterocycles. The van der Waals surface area contributed by atoms with E-state index in [2.05, 4.69) is 66.0 Å². The van der Waals surface area contributed by atoms with E-state index < -0.39 is 0 Å². The van der Waals surface area contributed by atoms with Gasteiger partial charge in [0, 0.05) is 7.35 Å². The molecule has 0 bridgehead atoms. The van der Waals surface area contributed by atoms with Gasteiger partial charge in [0.25, 0.3) is 0 Å². The first kappa shape index (κ1) is 8.46. The average Bonchev–Trinajstić information content (AvgIpc) is 1.31. The number of hydrogen-bond donors (Lipinski definition) is 0. The zero-order valence-electron chi connectivity index (χ0n) is 4.54.